The minimum atomic E-state index is -0.134. The van der Waals surface area contributed by atoms with Gasteiger partial charge in [0.25, 0.3) is 0 Å². The summed E-state index contributed by atoms with van der Waals surface area (Å²) in [7, 11) is 5.03. The van der Waals surface area contributed by atoms with E-state index in [4.69, 9.17) is 27.9 Å². The number of carbonyl (C=O) groups excluding carboxylic acids is 1. The van der Waals surface area contributed by atoms with Crippen LogP contribution in [0.25, 0.3) is 0 Å². The first kappa shape index (κ1) is 22.3. The number of methoxy groups -OCH3 is 1. The maximum absolute atomic E-state index is 11.6. The Morgan fingerprint density at radius 1 is 1.35 bits per heavy atom. The first-order chi connectivity index (χ1) is 10.5. The maximum atomic E-state index is 11.6. The van der Waals surface area contributed by atoms with E-state index in [1.54, 1.807) is 24.8 Å². The van der Waals surface area contributed by atoms with Gasteiger partial charge in [-0.15, -0.1) is 24.0 Å². The average Bonchev–Trinajstić information content (AvgIpc) is 2.75. The summed E-state index contributed by atoms with van der Waals surface area (Å²) >= 11 is 12.0. The molecule has 1 amide bonds. The van der Waals surface area contributed by atoms with Crippen LogP contribution in [0.5, 0.6) is 0 Å². The lowest BCUT2D eigenvalue weighted by Crippen LogP contribution is -2.43. The molecule has 1 rings (SSSR count). The van der Waals surface area contributed by atoms with Crippen molar-refractivity contribution in [3.05, 3.63) is 21.9 Å². The molecule has 10 heteroatoms. The Labute approximate surface area is 163 Å². The van der Waals surface area contributed by atoms with Gasteiger partial charge in [0.1, 0.15) is 5.15 Å². The van der Waals surface area contributed by atoms with Crippen molar-refractivity contribution in [1.29, 1.82) is 0 Å². The van der Waals surface area contributed by atoms with Gasteiger partial charge >= 0.3 is 0 Å². The molecule has 0 bridgehead atoms. The number of guanidine groups is 1. The summed E-state index contributed by atoms with van der Waals surface area (Å²) in [5.74, 6) is 0.375. The summed E-state index contributed by atoms with van der Waals surface area (Å²) in [6, 6.07) is 1.78. The SMILES string of the molecule is CN=C(NCC(=O)NCCOC)NCc1cc(Cl)c(Cl)n1C.I. The number of nitrogens with zero attached hydrogens (tertiary/aromatic N) is 2. The van der Waals surface area contributed by atoms with Crippen molar-refractivity contribution in [2.45, 2.75) is 6.54 Å². The minimum Gasteiger partial charge on any atom is -0.383 e. The topological polar surface area (TPSA) is 79.7 Å². The lowest BCUT2D eigenvalue weighted by atomic mass is 10.4. The molecule has 0 aromatic carbocycles. The third-order valence-corrected chi connectivity index (χ3v) is 3.76. The molecule has 0 fully saturated rings. The quantitative estimate of drug-likeness (QED) is 0.240. The van der Waals surface area contributed by atoms with Crippen LogP contribution in [0.3, 0.4) is 0 Å². The highest BCUT2D eigenvalue weighted by molar-refractivity contribution is 14.0. The van der Waals surface area contributed by atoms with Crippen LogP contribution in [0.1, 0.15) is 5.69 Å². The first-order valence-electron chi connectivity index (χ1n) is 6.69. The van der Waals surface area contributed by atoms with Crippen molar-refractivity contribution in [2.75, 3.05) is 33.9 Å². The second-order valence-corrected chi connectivity index (χ2v) is 5.22. The molecule has 132 valence electrons. The van der Waals surface area contributed by atoms with Gasteiger partial charge in [-0.1, -0.05) is 23.2 Å². The van der Waals surface area contributed by atoms with Gasteiger partial charge < -0.3 is 25.3 Å². The van der Waals surface area contributed by atoms with Gasteiger partial charge in [0.05, 0.1) is 24.7 Å². The highest BCUT2D eigenvalue weighted by Crippen LogP contribution is 2.24. The normalized spacial score (nSPS) is 10.9. The Balaban J connectivity index is 0.00000484. The molecule has 0 atom stereocenters. The van der Waals surface area contributed by atoms with Crippen LogP contribution in [0, 0.1) is 0 Å². The molecular weight excluding hydrogens is 456 g/mol. The number of aromatic nitrogens is 1. The summed E-state index contributed by atoms with van der Waals surface area (Å²) in [6.45, 7) is 1.56. The van der Waals surface area contributed by atoms with Crippen LogP contribution in [0.15, 0.2) is 11.1 Å². The molecule has 0 aliphatic rings. The molecule has 0 spiro atoms. The fourth-order valence-electron chi connectivity index (χ4n) is 1.67. The van der Waals surface area contributed by atoms with Gasteiger partial charge in [-0.05, 0) is 6.07 Å². The highest BCUT2D eigenvalue weighted by Gasteiger charge is 2.09. The van der Waals surface area contributed by atoms with Gasteiger partial charge in [0, 0.05) is 33.4 Å². The number of amides is 1. The molecule has 0 saturated heterocycles. The molecule has 0 aliphatic heterocycles. The molecule has 1 aromatic rings. The van der Waals surface area contributed by atoms with Crippen LogP contribution in [0.2, 0.25) is 10.2 Å². The molecule has 0 radical (unpaired) electrons. The number of halogens is 3. The molecule has 0 aliphatic carbocycles. The fourth-order valence-corrected chi connectivity index (χ4v) is 2.09. The molecule has 0 saturated carbocycles. The molecule has 7 nitrogen and oxygen atoms in total. The van der Waals surface area contributed by atoms with E-state index in [1.165, 1.54) is 0 Å². The van der Waals surface area contributed by atoms with E-state index in [1.807, 2.05) is 7.05 Å². The number of nitrogens with one attached hydrogen (secondary N) is 3. The van der Waals surface area contributed by atoms with Gasteiger partial charge in [-0.3, -0.25) is 9.79 Å². The van der Waals surface area contributed by atoms with Crippen LogP contribution in [-0.2, 0) is 23.1 Å². The predicted octanol–water partition coefficient (Wildman–Crippen LogP) is 1.38. The Morgan fingerprint density at radius 3 is 2.57 bits per heavy atom. The minimum absolute atomic E-state index is 0. The standard InChI is InChI=1S/C13H21Cl2N5O2.HI/c1-16-13(19-8-11(21)17-4-5-22-3)18-7-9-6-10(14)12(15)20(9)2;/h6H,4-5,7-8H2,1-3H3,(H,17,21)(H2,16,18,19);1H. The van der Waals surface area contributed by atoms with Crippen molar-refractivity contribution < 1.29 is 9.53 Å². The summed E-state index contributed by atoms with van der Waals surface area (Å²) in [5, 5.41) is 9.70. The van der Waals surface area contributed by atoms with Gasteiger partial charge in [0.2, 0.25) is 5.91 Å². The van der Waals surface area contributed by atoms with Crippen LogP contribution >= 0.6 is 47.2 Å². The van der Waals surface area contributed by atoms with E-state index in [9.17, 15) is 4.79 Å². The molecule has 1 aromatic heterocycles. The number of aliphatic imine (C=N–C) groups is 1. The highest BCUT2D eigenvalue weighted by atomic mass is 127. The monoisotopic (exact) mass is 477 g/mol. The number of hydrogen-bond donors (Lipinski definition) is 3. The average molecular weight is 478 g/mol. The van der Waals surface area contributed by atoms with E-state index in [0.717, 1.165) is 5.69 Å². The molecule has 3 N–H and O–H groups in total. The fraction of sp³-hybridized carbons (Fsp3) is 0.538. The molecule has 0 unspecified atom stereocenters. The lowest BCUT2D eigenvalue weighted by Gasteiger charge is -2.12. The zero-order chi connectivity index (χ0) is 16.5. The van der Waals surface area contributed by atoms with E-state index in [-0.39, 0.29) is 36.4 Å². The van der Waals surface area contributed by atoms with Crippen molar-refractivity contribution >= 4 is 59.0 Å². The van der Waals surface area contributed by atoms with Crippen molar-refractivity contribution in [3.8, 4) is 0 Å². The van der Waals surface area contributed by atoms with E-state index < -0.39 is 0 Å². The van der Waals surface area contributed by atoms with Crippen LogP contribution < -0.4 is 16.0 Å². The Kier molecular flexibility index (Phi) is 11.4. The Morgan fingerprint density at radius 2 is 2.04 bits per heavy atom. The second-order valence-electron chi connectivity index (χ2n) is 4.46. The van der Waals surface area contributed by atoms with Crippen molar-refractivity contribution in [1.82, 2.24) is 20.5 Å². The zero-order valence-corrected chi connectivity index (χ0v) is 17.1. The Bertz CT molecular complexity index is 537. The first-order valence-corrected chi connectivity index (χ1v) is 7.45. The third-order valence-electron chi connectivity index (χ3n) is 2.92. The maximum Gasteiger partial charge on any atom is 0.239 e. The summed E-state index contributed by atoms with van der Waals surface area (Å²) < 4.78 is 6.63. The van der Waals surface area contributed by atoms with Crippen LogP contribution in [0.4, 0.5) is 0 Å². The zero-order valence-electron chi connectivity index (χ0n) is 13.3. The lowest BCUT2D eigenvalue weighted by molar-refractivity contribution is -0.120. The molecular formula is C13H22Cl2IN5O2. The van der Waals surface area contributed by atoms with Gasteiger partial charge in [-0.2, -0.15) is 0 Å². The largest absolute Gasteiger partial charge is 0.383 e. The third kappa shape index (κ3) is 7.60. The summed E-state index contributed by atoms with van der Waals surface area (Å²) in [5.41, 5.74) is 0.905. The van der Waals surface area contributed by atoms with Crippen LogP contribution in [-0.4, -0.2) is 50.3 Å². The predicted molar refractivity (Wildman–Crippen MR) is 104 cm³/mol. The Hall–Kier alpha value is -0.710. The number of carbonyl (C=O) groups is 1. The van der Waals surface area contributed by atoms with E-state index >= 15 is 0 Å². The molecule has 1 heterocycles. The van der Waals surface area contributed by atoms with E-state index in [2.05, 4.69) is 20.9 Å². The molecule has 23 heavy (non-hydrogen) atoms. The number of rotatable bonds is 7. The summed E-state index contributed by atoms with van der Waals surface area (Å²) in [6.07, 6.45) is 0. The number of ether oxygens (including phenoxy) is 1. The van der Waals surface area contributed by atoms with Gasteiger partial charge in [-0.25, -0.2) is 0 Å². The van der Waals surface area contributed by atoms with Crippen molar-refractivity contribution in [2.24, 2.45) is 12.0 Å². The van der Waals surface area contributed by atoms with Crippen molar-refractivity contribution in [3.63, 3.8) is 0 Å². The van der Waals surface area contributed by atoms with Gasteiger partial charge in [0.15, 0.2) is 5.96 Å². The number of hydrogen-bond acceptors (Lipinski definition) is 3. The smallest absolute Gasteiger partial charge is 0.239 e. The van der Waals surface area contributed by atoms with E-state index in [0.29, 0.717) is 35.8 Å². The second kappa shape index (κ2) is 11.8. The summed E-state index contributed by atoms with van der Waals surface area (Å²) in [4.78, 5) is 15.6.